The van der Waals surface area contributed by atoms with Crippen molar-refractivity contribution in [2.24, 2.45) is 0 Å². The molecular formula is C16H19N5O6. The maximum Gasteiger partial charge on any atom is 0.305 e. The van der Waals surface area contributed by atoms with E-state index < -0.39 is 22.3 Å². The standard InChI is InChI=1S/C16H19N5O6/c1-10-14(15(24)17-16(2,9-27-3)8-13(22)23)18-19-20(10)11-5-4-6-12(7-11)21(25)26/h4-7H,8-9H2,1-3H3,(H,17,24)(H,22,23). The summed E-state index contributed by atoms with van der Waals surface area (Å²) in [6.07, 6.45) is -0.343. The molecule has 11 nitrogen and oxygen atoms in total. The number of rotatable bonds is 8. The predicted octanol–water partition coefficient (Wildman–Crippen LogP) is 1.09. The molecule has 11 heteroatoms. The number of nitrogens with zero attached hydrogens (tertiary/aromatic N) is 4. The number of non-ortho nitro benzene ring substituents is 1. The summed E-state index contributed by atoms with van der Waals surface area (Å²) in [6.45, 7) is 3.12. The van der Waals surface area contributed by atoms with Crippen molar-refractivity contribution in [1.29, 1.82) is 0 Å². The second kappa shape index (κ2) is 7.91. The summed E-state index contributed by atoms with van der Waals surface area (Å²) in [5.41, 5.74) is -0.558. The predicted molar refractivity (Wildman–Crippen MR) is 92.8 cm³/mol. The van der Waals surface area contributed by atoms with Crippen molar-refractivity contribution in [3.8, 4) is 5.69 Å². The third-order valence-electron chi connectivity index (χ3n) is 3.81. The van der Waals surface area contributed by atoms with Gasteiger partial charge in [0.15, 0.2) is 5.69 Å². The summed E-state index contributed by atoms with van der Waals surface area (Å²) in [7, 11) is 1.40. The van der Waals surface area contributed by atoms with Gasteiger partial charge in [-0.25, -0.2) is 4.68 Å². The van der Waals surface area contributed by atoms with Crippen LogP contribution in [0.25, 0.3) is 5.69 Å². The van der Waals surface area contributed by atoms with Gasteiger partial charge in [-0.15, -0.1) is 5.10 Å². The van der Waals surface area contributed by atoms with E-state index in [9.17, 15) is 19.7 Å². The van der Waals surface area contributed by atoms with Crippen LogP contribution in [0.3, 0.4) is 0 Å². The van der Waals surface area contributed by atoms with Crippen LogP contribution < -0.4 is 5.32 Å². The smallest absolute Gasteiger partial charge is 0.305 e. The Bertz CT molecular complexity index is 880. The van der Waals surface area contributed by atoms with Crippen LogP contribution in [-0.2, 0) is 9.53 Å². The molecule has 2 N–H and O–H groups in total. The van der Waals surface area contributed by atoms with Gasteiger partial charge in [0.1, 0.15) is 0 Å². The first-order chi connectivity index (χ1) is 12.7. The number of hydrogen-bond donors (Lipinski definition) is 2. The quantitative estimate of drug-likeness (QED) is 0.513. The molecule has 1 aromatic carbocycles. The molecular weight excluding hydrogens is 358 g/mol. The van der Waals surface area contributed by atoms with Gasteiger partial charge in [-0.05, 0) is 19.9 Å². The summed E-state index contributed by atoms with van der Waals surface area (Å²) in [4.78, 5) is 34.0. The highest BCUT2D eigenvalue weighted by Gasteiger charge is 2.31. The zero-order valence-electron chi connectivity index (χ0n) is 15.0. The lowest BCUT2D eigenvalue weighted by Crippen LogP contribution is -2.51. The number of aliphatic carboxylic acids is 1. The van der Waals surface area contributed by atoms with Gasteiger partial charge in [-0.2, -0.15) is 0 Å². The summed E-state index contributed by atoms with van der Waals surface area (Å²) >= 11 is 0. The first-order valence-electron chi connectivity index (χ1n) is 7.87. The normalized spacial score (nSPS) is 13.0. The molecule has 0 aliphatic heterocycles. The van der Waals surface area contributed by atoms with Gasteiger partial charge in [-0.3, -0.25) is 19.7 Å². The number of ether oxygens (including phenoxy) is 1. The Morgan fingerprint density at radius 2 is 2.15 bits per heavy atom. The fourth-order valence-electron chi connectivity index (χ4n) is 2.64. The number of methoxy groups -OCH3 is 1. The molecule has 0 spiro atoms. The van der Waals surface area contributed by atoms with Gasteiger partial charge in [0.05, 0.1) is 34.9 Å². The van der Waals surface area contributed by atoms with Gasteiger partial charge in [0.25, 0.3) is 11.6 Å². The average Bonchev–Trinajstić information content (AvgIpc) is 2.95. The van der Waals surface area contributed by atoms with Gasteiger partial charge in [0.2, 0.25) is 0 Å². The van der Waals surface area contributed by atoms with E-state index >= 15 is 0 Å². The van der Waals surface area contributed by atoms with E-state index in [1.165, 1.54) is 30.0 Å². The van der Waals surface area contributed by atoms with Gasteiger partial charge < -0.3 is 15.2 Å². The Labute approximate surface area is 154 Å². The lowest BCUT2D eigenvalue weighted by Gasteiger charge is -2.28. The van der Waals surface area contributed by atoms with Crippen molar-refractivity contribution in [3.05, 3.63) is 45.8 Å². The largest absolute Gasteiger partial charge is 0.481 e. The molecule has 0 aliphatic carbocycles. The molecule has 0 fully saturated rings. The summed E-state index contributed by atoms with van der Waals surface area (Å²) in [6, 6.07) is 5.74. The fraction of sp³-hybridized carbons (Fsp3) is 0.375. The van der Waals surface area contributed by atoms with Crippen LogP contribution in [0.15, 0.2) is 24.3 Å². The molecule has 1 amide bonds. The molecule has 0 bridgehead atoms. The molecule has 27 heavy (non-hydrogen) atoms. The fourth-order valence-corrected chi connectivity index (χ4v) is 2.64. The van der Waals surface area contributed by atoms with Crippen LogP contribution in [0.2, 0.25) is 0 Å². The minimum Gasteiger partial charge on any atom is -0.481 e. The Morgan fingerprint density at radius 1 is 1.44 bits per heavy atom. The number of hydrogen-bond acceptors (Lipinski definition) is 7. The van der Waals surface area contributed by atoms with Crippen molar-refractivity contribution in [2.75, 3.05) is 13.7 Å². The highest BCUT2D eigenvalue weighted by atomic mass is 16.6. The van der Waals surface area contributed by atoms with Crippen molar-refractivity contribution in [3.63, 3.8) is 0 Å². The minimum atomic E-state index is -1.14. The topological polar surface area (TPSA) is 149 Å². The highest BCUT2D eigenvalue weighted by molar-refractivity contribution is 5.94. The first kappa shape index (κ1) is 20.0. The van der Waals surface area contributed by atoms with Crippen LogP contribution in [0.4, 0.5) is 5.69 Å². The Balaban J connectivity index is 2.30. The molecule has 2 rings (SSSR count). The molecule has 2 aromatic rings. The third kappa shape index (κ3) is 4.64. The lowest BCUT2D eigenvalue weighted by molar-refractivity contribution is -0.384. The molecule has 1 heterocycles. The van der Waals surface area contributed by atoms with Gasteiger partial charge >= 0.3 is 5.97 Å². The van der Waals surface area contributed by atoms with E-state index in [0.717, 1.165) is 0 Å². The van der Waals surface area contributed by atoms with E-state index in [2.05, 4.69) is 15.6 Å². The van der Waals surface area contributed by atoms with Crippen LogP contribution in [0.1, 0.15) is 29.5 Å². The summed E-state index contributed by atoms with van der Waals surface area (Å²) in [5.74, 6) is -1.71. The van der Waals surface area contributed by atoms with Crippen molar-refractivity contribution in [2.45, 2.75) is 25.8 Å². The van der Waals surface area contributed by atoms with Crippen molar-refractivity contribution >= 4 is 17.6 Å². The Kier molecular flexibility index (Phi) is 5.85. The van der Waals surface area contributed by atoms with Gasteiger partial charge in [-0.1, -0.05) is 11.3 Å². The SMILES string of the molecule is COCC(C)(CC(=O)O)NC(=O)c1nnn(-c2cccc([N+](=O)[O-])c2)c1C. The number of aromatic nitrogens is 3. The molecule has 0 saturated heterocycles. The van der Waals surface area contributed by atoms with Gasteiger partial charge in [0, 0.05) is 19.2 Å². The van der Waals surface area contributed by atoms with Crippen LogP contribution in [0, 0.1) is 17.0 Å². The molecule has 1 aromatic heterocycles. The summed E-state index contributed by atoms with van der Waals surface area (Å²) < 4.78 is 6.30. The highest BCUT2D eigenvalue weighted by Crippen LogP contribution is 2.19. The minimum absolute atomic E-state index is 0.0108. The first-order valence-corrected chi connectivity index (χ1v) is 7.87. The number of benzene rings is 1. The van der Waals surface area contributed by atoms with E-state index in [1.807, 2.05) is 0 Å². The molecule has 144 valence electrons. The number of carbonyl (C=O) groups is 2. The number of nitro benzene ring substituents is 1. The van der Waals surface area contributed by atoms with E-state index in [1.54, 1.807) is 19.9 Å². The Hall–Kier alpha value is -3.34. The maximum atomic E-state index is 12.6. The van der Waals surface area contributed by atoms with Crippen molar-refractivity contribution < 1.29 is 24.4 Å². The van der Waals surface area contributed by atoms with Crippen LogP contribution >= 0.6 is 0 Å². The number of nitrogens with one attached hydrogen (secondary N) is 1. The molecule has 0 saturated carbocycles. The zero-order valence-corrected chi connectivity index (χ0v) is 15.0. The second-order valence-electron chi connectivity index (χ2n) is 6.23. The Morgan fingerprint density at radius 3 is 2.74 bits per heavy atom. The second-order valence-corrected chi connectivity index (χ2v) is 6.23. The van der Waals surface area contributed by atoms with Crippen LogP contribution in [0.5, 0.6) is 0 Å². The monoisotopic (exact) mass is 377 g/mol. The molecule has 1 unspecified atom stereocenters. The van der Waals surface area contributed by atoms with E-state index in [-0.39, 0.29) is 24.4 Å². The molecule has 0 radical (unpaired) electrons. The lowest BCUT2D eigenvalue weighted by atomic mass is 9.98. The van der Waals surface area contributed by atoms with Crippen LogP contribution in [-0.4, -0.2) is 56.2 Å². The number of amides is 1. The number of nitro groups is 1. The van der Waals surface area contributed by atoms with Crippen molar-refractivity contribution in [1.82, 2.24) is 20.3 Å². The number of carbonyl (C=O) groups excluding carboxylic acids is 1. The molecule has 0 aliphatic rings. The zero-order chi connectivity index (χ0) is 20.2. The van der Waals surface area contributed by atoms with E-state index in [4.69, 9.17) is 9.84 Å². The number of carboxylic acid groups (broad SMARTS) is 1. The maximum absolute atomic E-state index is 12.6. The average molecular weight is 377 g/mol. The number of carboxylic acids is 1. The summed E-state index contributed by atoms with van der Waals surface area (Å²) in [5, 5.41) is 30.3. The third-order valence-corrected chi connectivity index (χ3v) is 3.81. The molecule has 1 atom stereocenters. The van der Waals surface area contributed by atoms with E-state index in [0.29, 0.717) is 11.4 Å².